The highest BCUT2D eigenvalue weighted by Gasteiger charge is 2.24. The average Bonchev–Trinajstić information content (AvgIpc) is 2.97. The number of fused-ring (bicyclic) bond motifs is 1. The molecule has 0 radical (unpaired) electrons. The topological polar surface area (TPSA) is 49.6 Å². The van der Waals surface area contributed by atoms with Crippen LogP contribution in [-0.4, -0.2) is 33.9 Å². The fourth-order valence-corrected chi connectivity index (χ4v) is 4.46. The van der Waals surface area contributed by atoms with Crippen molar-refractivity contribution in [3.8, 4) is 0 Å². The van der Waals surface area contributed by atoms with Crippen molar-refractivity contribution in [2.45, 2.75) is 19.5 Å². The Kier molecular flexibility index (Phi) is 5.99. The number of halogens is 2. The van der Waals surface area contributed by atoms with E-state index >= 15 is 0 Å². The minimum Gasteiger partial charge on any atom is -0.314 e. The van der Waals surface area contributed by atoms with Gasteiger partial charge < -0.3 is 5.32 Å². The lowest BCUT2D eigenvalue weighted by Crippen LogP contribution is -2.45. The van der Waals surface area contributed by atoms with Crippen LogP contribution in [0.1, 0.15) is 23.0 Å². The van der Waals surface area contributed by atoms with Gasteiger partial charge in [-0.1, -0.05) is 23.7 Å². The standard InChI is InChI=1S/C18H19ClN4OS.ClH/c1-12-11-25-18-21-15(8-17(24)23(12)18)10-22-6-5-20-9-16(22)13-3-2-4-14(19)7-13;/h2-4,7-8,11,16,20H,5-6,9-10H2,1H3;1H. The van der Waals surface area contributed by atoms with E-state index in [1.54, 1.807) is 10.5 Å². The van der Waals surface area contributed by atoms with E-state index in [0.29, 0.717) is 6.54 Å². The molecule has 1 unspecified atom stereocenters. The van der Waals surface area contributed by atoms with Crippen LogP contribution < -0.4 is 10.9 Å². The van der Waals surface area contributed by atoms with Crippen molar-refractivity contribution >= 4 is 40.3 Å². The van der Waals surface area contributed by atoms with Crippen LogP contribution in [0.4, 0.5) is 0 Å². The Balaban J connectivity index is 0.00000196. The Morgan fingerprint density at radius 1 is 1.38 bits per heavy atom. The molecular weight excluding hydrogens is 391 g/mol. The van der Waals surface area contributed by atoms with Gasteiger partial charge in [0, 0.05) is 54.4 Å². The predicted molar refractivity (Wildman–Crippen MR) is 109 cm³/mol. The summed E-state index contributed by atoms with van der Waals surface area (Å²) in [7, 11) is 0. The highest BCUT2D eigenvalue weighted by Crippen LogP contribution is 2.26. The van der Waals surface area contributed by atoms with E-state index in [9.17, 15) is 4.79 Å². The molecule has 0 bridgehead atoms. The normalized spacial score (nSPS) is 18.0. The third kappa shape index (κ3) is 3.80. The Morgan fingerprint density at radius 2 is 2.23 bits per heavy atom. The molecule has 1 atom stereocenters. The van der Waals surface area contributed by atoms with Crippen LogP contribution in [0.15, 0.2) is 40.5 Å². The van der Waals surface area contributed by atoms with Crippen molar-refractivity contribution in [1.82, 2.24) is 19.6 Å². The number of nitrogens with zero attached hydrogens (tertiary/aromatic N) is 3. The number of piperazine rings is 1. The first-order valence-electron chi connectivity index (χ1n) is 8.29. The van der Waals surface area contributed by atoms with Crippen LogP contribution in [0.3, 0.4) is 0 Å². The summed E-state index contributed by atoms with van der Waals surface area (Å²) in [6.07, 6.45) is 0. The molecule has 2 aromatic heterocycles. The Bertz CT molecular complexity index is 971. The van der Waals surface area contributed by atoms with Crippen molar-refractivity contribution in [3.05, 3.63) is 68.0 Å². The molecule has 1 aliphatic heterocycles. The van der Waals surface area contributed by atoms with Gasteiger partial charge in [0.15, 0.2) is 4.96 Å². The molecule has 3 heterocycles. The average molecular weight is 411 g/mol. The molecule has 0 saturated carbocycles. The third-order valence-corrected chi connectivity index (χ3v) is 5.76. The molecule has 26 heavy (non-hydrogen) atoms. The Labute approximate surface area is 167 Å². The summed E-state index contributed by atoms with van der Waals surface area (Å²) in [5.41, 5.74) is 2.93. The molecule has 5 nitrogen and oxygen atoms in total. The number of hydrogen-bond donors (Lipinski definition) is 1. The summed E-state index contributed by atoms with van der Waals surface area (Å²) >= 11 is 7.67. The lowest BCUT2D eigenvalue weighted by atomic mass is 10.0. The zero-order valence-corrected chi connectivity index (χ0v) is 16.7. The van der Waals surface area contributed by atoms with Crippen molar-refractivity contribution in [3.63, 3.8) is 0 Å². The molecule has 3 aromatic rings. The summed E-state index contributed by atoms with van der Waals surface area (Å²) < 4.78 is 1.67. The van der Waals surface area contributed by atoms with E-state index < -0.39 is 0 Å². The second-order valence-corrected chi connectivity index (χ2v) is 7.60. The van der Waals surface area contributed by atoms with Crippen molar-refractivity contribution in [2.24, 2.45) is 0 Å². The van der Waals surface area contributed by atoms with E-state index in [4.69, 9.17) is 11.6 Å². The van der Waals surface area contributed by atoms with Crippen LogP contribution >= 0.6 is 35.3 Å². The van der Waals surface area contributed by atoms with Gasteiger partial charge >= 0.3 is 0 Å². The van der Waals surface area contributed by atoms with Crippen molar-refractivity contribution < 1.29 is 0 Å². The molecule has 138 valence electrons. The van der Waals surface area contributed by atoms with Crippen LogP contribution in [-0.2, 0) is 6.54 Å². The number of nitrogens with one attached hydrogen (secondary N) is 1. The van der Waals surface area contributed by atoms with Crippen LogP contribution in [0, 0.1) is 6.92 Å². The molecule has 0 amide bonds. The van der Waals surface area contributed by atoms with Gasteiger partial charge in [-0.3, -0.25) is 14.1 Å². The largest absolute Gasteiger partial charge is 0.314 e. The SMILES string of the molecule is Cc1csc2nc(CN3CCNCC3c3cccc(Cl)c3)cc(=O)n12.Cl. The molecule has 1 N–H and O–H groups in total. The Hall–Kier alpha value is -1.44. The summed E-state index contributed by atoms with van der Waals surface area (Å²) in [6, 6.07) is 9.86. The third-order valence-electron chi connectivity index (χ3n) is 4.58. The van der Waals surface area contributed by atoms with Crippen LogP contribution in [0.5, 0.6) is 0 Å². The maximum absolute atomic E-state index is 12.4. The fraction of sp³-hybridized carbons (Fsp3) is 0.333. The first-order valence-corrected chi connectivity index (χ1v) is 9.54. The highest BCUT2D eigenvalue weighted by molar-refractivity contribution is 7.15. The minimum atomic E-state index is -0.00631. The first-order chi connectivity index (χ1) is 12.1. The van der Waals surface area contributed by atoms with Gasteiger partial charge in [0.05, 0.1) is 5.69 Å². The minimum absolute atomic E-state index is 0. The lowest BCUT2D eigenvalue weighted by molar-refractivity contribution is 0.152. The van der Waals surface area contributed by atoms with E-state index in [1.165, 1.54) is 16.9 Å². The van der Waals surface area contributed by atoms with E-state index in [2.05, 4.69) is 21.3 Å². The van der Waals surface area contributed by atoms with Gasteiger partial charge in [0.1, 0.15) is 0 Å². The van der Waals surface area contributed by atoms with Gasteiger partial charge in [-0.25, -0.2) is 4.98 Å². The zero-order chi connectivity index (χ0) is 17.4. The molecule has 1 saturated heterocycles. The van der Waals surface area contributed by atoms with Crippen molar-refractivity contribution in [2.75, 3.05) is 19.6 Å². The number of aromatic nitrogens is 2. The molecule has 1 fully saturated rings. The van der Waals surface area contributed by atoms with Gasteiger partial charge in [-0.05, 0) is 24.6 Å². The summed E-state index contributed by atoms with van der Waals surface area (Å²) in [4.78, 5) is 20.2. The van der Waals surface area contributed by atoms with Gasteiger partial charge in [-0.2, -0.15) is 0 Å². The number of thiazole rings is 1. The quantitative estimate of drug-likeness (QED) is 0.719. The smallest absolute Gasteiger partial charge is 0.259 e. The van der Waals surface area contributed by atoms with Crippen LogP contribution in [0.25, 0.3) is 4.96 Å². The molecular formula is C18H20Cl2N4OS. The lowest BCUT2D eigenvalue weighted by Gasteiger charge is -2.36. The van der Waals surface area contributed by atoms with E-state index in [1.807, 2.05) is 30.5 Å². The van der Waals surface area contributed by atoms with E-state index in [0.717, 1.165) is 41.0 Å². The summed E-state index contributed by atoms with van der Waals surface area (Å²) in [5, 5.41) is 6.15. The van der Waals surface area contributed by atoms with Gasteiger partial charge in [-0.15, -0.1) is 23.7 Å². The van der Waals surface area contributed by atoms with Gasteiger partial charge in [0.25, 0.3) is 5.56 Å². The molecule has 8 heteroatoms. The number of rotatable bonds is 3. The Morgan fingerprint density at radius 3 is 3.04 bits per heavy atom. The van der Waals surface area contributed by atoms with Crippen molar-refractivity contribution in [1.29, 1.82) is 0 Å². The van der Waals surface area contributed by atoms with E-state index in [-0.39, 0.29) is 24.0 Å². The predicted octanol–water partition coefficient (Wildman–Crippen LogP) is 3.29. The monoisotopic (exact) mass is 410 g/mol. The number of aryl methyl sites for hydroxylation is 1. The maximum Gasteiger partial charge on any atom is 0.259 e. The molecule has 1 aromatic carbocycles. The number of hydrogen-bond acceptors (Lipinski definition) is 5. The molecule has 0 spiro atoms. The summed E-state index contributed by atoms with van der Waals surface area (Å²) in [6.45, 7) is 5.27. The maximum atomic E-state index is 12.4. The second kappa shape index (κ2) is 8.06. The highest BCUT2D eigenvalue weighted by atomic mass is 35.5. The molecule has 4 rings (SSSR count). The zero-order valence-electron chi connectivity index (χ0n) is 14.3. The fourth-order valence-electron chi connectivity index (χ4n) is 3.37. The van der Waals surface area contributed by atoms with Crippen LogP contribution in [0.2, 0.25) is 5.02 Å². The molecule has 0 aliphatic carbocycles. The van der Waals surface area contributed by atoms with Gasteiger partial charge in [0.2, 0.25) is 0 Å². The number of benzene rings is 1. The first kappa shape index (κ1) is 19.3. The second-order valence-electron chi connectivity index (χ2n) is 6.33. The summed E-state index contributed by atoms with van der Waals surface area (Å²) in [5.74, 6) is 0. The molecule has 1 aliphatic rings.